The molecule has 0 bridgehead atoms. The van der Waals surface area contributed by atoms with Crippen LogP contribution in [-0.2, 0) is 6.54 Å². The first-order chi connectivity index (χ1) is 12.7. The van der Waals surface area contributed by atoms with Crippen LogP contribution in [0.2, 0.25) is 0 Å². The van der Waals surface area contributed by atoms with Crippen LogP contribution in [0.5, 0.6) is 0 Å². The number of para-hydroxylation sites is 2. The van der Waals surface area contributed by atoms with Crippen molar-refractivity contribution in [3.63, 3.8) is 0 Å². The number of nitrogens with two attached hydrogens (primary N) is 1. The van der Waals surface area contributed by atoms with Gasteiger partial charge >= 0.3 is 0 Å². The predicted octanol–water partition coefficient (Wildman–Crippen LogP) is 2.66. The molecule has 1 aliphatic rings. The lowest BCUT2D eigenvalue weighted by molar-refractivity contribution is 0.224. The van der Waals surface area contributed by atoms with E-state index < -0.39 is 0 Å². The van der Waals surface area contributed by atoms with Crippen LogP contribution in [-0.4, -0.2) is 57.1 Å². The summed E-state index contributed by atoms with van der Waals surface area (Å²) >= 11 is 0. The number of aryl methyl sites for hydroxylation is 1. The molecule has 0 aliphatic carbocycles. The first-order valence-electron chi connectivity index (χ1n) is 9.28. The first kappa shape index (κ1) is 28.5. The smallest absolute Gasteiger partial charge is 0.204 e. The highest BCUT2D eigenvalue weighted by Crippen LogP contribution is 2.24. The van der Waals surface area contributed by atoms with Crippen molar-refractivity contribution in [2.75, 3.05) is 31.5 Å². The van der Waals surface area contributed by atoms with E-state index in [0.717, 1.165) is 67.5 Å². The predicted molar refractivity (Wildman–Crippen MR) is 128 cm³/mol. The van der Waals surface area contributed by atoms with Gasteiger partial charge in [-0.15, -0.1) is 37.2 Å². The van der Waals surface area contributed by atoms with Gasteiger partial charge in [-0.1, -0.05) is 12.1 Å². The largest absolute Gasteiger partial charge is 0.448 e. The van der Waals surface area contributed by atoms with Crippen molar-refractivity contribution in [3.8, 4) is 0 Å². The minimum absolute atomic E-state index is 0. The summed E-state index contributed by atoms with van der Waals surface area (Å²) < 4.78 is 7.57. The molecule has 0 radical (unpaired) electrons. The Morgan fingerprint density at radius 2 is 1.87 bits per heavy atom. The molecule has 1 aromatic carbocycles. The molecule has 8 nitrogen and oxygen atoms in total. The molecule has 0 saturated carbocycles. The van der Waals surface area contributed by atoms with Crippen LogP contribution >= 0.6 is 37.2 Å². The number of halogens is 3. The first-order valence-corrected chi connectivity index (χ1v) is 9.28. The van der Waals surface area contributed by atoms with Crippen LogP contribution in [0.1, 0.15) is 24.3 Å². The van der Waals surface area contributed by atoms with Crippen molar-refractivity contribution in [3.05, 3.63) is 42.1 Å². The third-order valence-electron chi connectivity index (χ3n) is 5.17. The number of aromatic nitrogens is 3. The third kappa shape index (κ3) is 6.23. The van der Waals surface area contributed by atoms with Gasteiger partial charge in [0, 0.05) is 32.2 Å². The molecule has 2 aromatic heterocycles. The maximum atomic E-state index is 5.67. The molecule has 3 heterocycles. The second-order valence-electron chi connectivity index (χ2n) is 6.91. The summed E-state index contributed by atoms with van der Waals surface area (Å²) in [6, 6.07) is 8.66. The maximum Gasteiger partial charge on any atom is 0.204 e. The van der Waals surface area contributed by atoms with Crippen molar-refractivity contribution in [2.24, 2.45) is 5.73 Å². The van der Waals surface area contributed by atoms with Gasteiger partial charge in [0.15, 0.2) is 6.39 Å². The van der Waals surface area contributed by atoms with Crippen molar-refractivity contribution >= 4 is 54.2 Å². The number of oxazole rings is 1. The number of anilines is 1. The normalized spacial score (nSPS) is 14.2. The van der Waals surface area contributed by atoms with Crippen LogP contribution in [0, 0.1) is 6.92 Å². The van der Waals surface area contributed by atoms with Gasteiger partial charge in [-0.05, 0) is 31.9 Å². The van der Waals surface area contributed by atoms with Gasteiger partial charge in [0.2, 0.25) is 5.95 Å². The number of rotatable bonds is 6. The Morgan fingerprint density at radius 1 is 1.17 bits per heavy atom. The van der Waals surface area contributed by atoms with Gasteiger partial charge < -0.3 is 30.4 Å². The van der Waals surface area contributed by atoms with Crippen molar-refractivity contribution in [1.29, 1.82) is 0 Å². The lowest BCUT2D eigenvalue weighted by Gasteiger charge is -2.32. The zero-order valence-corrected chi connectivity index (χ0v) is 19.4. The highest BCUT2D eigenvalue weighted by atomic mass is 35.5. The van der Waals surface area contributed by atoms with Crippen molar-refractivity contribution < 1.29 is 9.89 Å². The molecule has 0 atom stereocenters. The zero-order chi connectivity index (χ0) is 17.9. The summed E-state index contributed by atoms with van der Waals surface area (Å²) in [4.78, 5) is 11.6. The molecule has 1 fully saturated rings. The molecule has 0 amide bonds. The number of fused-ring (bicyclic) bond motifs is 1. The minimum atomic E-state index is 0. The van der Waals surface area contributed by atoms with E-state index >= 15 is 0 Å². The van der Waals surface area contributed by atoms with Crippen molar-refractivity contribution in [1.82, 2.24) is 19.4 Å². The molecular weight excluding hydrogens is 451 g/mol. The Morgan fingerprint density at radius 3 is 2.50 bits per heavy atom. The van der Waals surface area contributed by atoms with Gasteiger partial charge in [0.1, 0.15) is 11.5 Å². The average molecular weight is 482 g/mol. The van der Waals surface area contributed by atoms with Crippen LogP contribution in [0.25, 0.3) is 11.0 Å². The molecule has 5 N–H and O–H groups in total. The second kappa shape index (κ2) is 13.0. The van der Waals surface area contributed by atoms with Gasteiger partial charge in [-0.3, -0.25) is 0 Å². The van der Waals surface area contributed by atoms with E-state index in [0.29, 0.717) is 12.6 Å². The standard InChI is InChI=1S/C19H26N6O.3ClH.H2O/c1-14-17(21-13-26-14)12-25-18-5-3-2-4-16(18)23-19(25)22-15-6-9-24(10-7-15)11-8-20;;;;/h2-5,13,15H,6-12,20H2,1H3,(H,22,23);3*1H;1H2. The molecule has 170 valence electrons. The van der Waals surface area contributed by atoms with Crippen molar-refractivity contribution in [2.45, 2.75) is 32.4 Å². The fraction of sp³-hybridized carbons (Fsp3) is 0.474. The molecule has 30 heavy (non-hydrogen) atoms. The lowest BCUT2D eigenvalue weighted by Crippen LogP contribution is -2.41. The highest BCUT2D eigenvalue weighted by molar-refractivity contribution is 5.86. The second-order valence-corrected chi connectivity index (χ2v) is 6.91. The summed E-state index contributed by atoms with van der Waals surface area (Å²) in [7, 11) is 0. The van der Waals surface area contributed by atoms with E-state index in [2.05, 4.69) is 31.9 Å². The van der Waals surface area contributed by atoms with Gasteiger partial charge in [0.05, 0.1) is 17.6 Å². The molecule has 11 heteroatoms. The van der Waals surface area contributed by atoms with E-state index in [4.69, 9.17) is 15.1 Å². The number of nitrogens with one attached hydrogen (secondary N) is 1. The lowest BCUT2D eigenvalue weighted by atomic mass is 10.1. The number of likely N-dealkylation sites (tertiary alicyclic amines) is 1. The van der Waals surface area contributed by atoms with Crippen LogP contribution in [0.3, 0.4) is 0 Å². The van der Waals surface area contributed by atoms with E-state index in [1.807, 2.05) is 19.1 Å². The van der Waals surface area contributed by atoms with Gasteiger partial charge in [0.25, 0.3) is 0 Å². The summed E-state index contributed by atoms with van der Waals surface area (Å²) in [5.74, 6) is 1.76. The number of nitrogens with zero attached hydrogens (tertiary/aromatic N) is 4. The van der Waals surface area contributed by atoms with Gasteiger partial charge in [-0.25, -0.2) is 9.97 Å². The number of hydrogen-bond donors (Lipinski definition) is 2. The van der Waals surface area contributed by atoms with Crippen LogP contribution in [0.15, 0.2) is 35.1 Å². The van der Waals surface area contributed by atoms with E-state index in [9.17, 15) is 0 Å². The van der Waals surface area contributed by atoms with Crippen LogP contribution in [0.4, 0.5) is 5.95 Å². The Balaban J connectivity index is 0.00000210. The Labute approximate surface area is 195 Å². The average Bonchev–Trinajstić information content (AvgIpc) is 3.21. The molecular formula is C19H31Cl3N6O2. The number of piperidine rings is 1. The SMILES string of the molecule is Cc1ocnc1Cn1c(NC2CCN(CCN)CC2)nc2ccccc21.Cl.Cl.Cl.O. The quantitative estimate of drug-likeness (QED) is 0.559. The monoisotopic (exact) mass is 480 g/mol. The molecule has 4 rings (SSSR count). The summed E-state index contributed by atoms with van der Waals surface area (Å²) in [6.07, 6.45) is 3.71. The van der Waals surface area contributed by atoms with E-state index in [-0.39, 0.29) is 42.7 Å². The molecule has 1 aliphatic heterocycles. The third-order valence-corrected chi connectivity index (χ3v) is 5.17. The Kier molecular flexibility index (Phi) is 12.3. The molecule has 1 saturated heterocycles. The number of hydrogen-bond acceptors (Lipinski definition) is 6. The topological polar surface area (TPSA) is 117 Å². The van der Waals surface area contributed by atoms with E-state index in [1.165, 1.54) is 6.39 Å². The Bertz CT molecular complexity index is 880. The number of imidazole rings is 1. The molecule has 0 unspecified atom stereocenters. The minimum Gasteiger partial charge on any atom is -0.448 e. The molecule has 0 spiro atoms. The summed E-state index contributed by atoms with van der Waals surface area (Å²) in [6.45, 7) is 6.47. The molecule has 3 aromatic rings. The fourth-order valence-corrected chi connectivity index (χ4v) is 3.64. The van der Waals surface area contributed by atoms with E-state index in [1.54, 1.807) is 0 Å². The maximum absolute atomic E-state index is 5.67. The number of benzene rings is 1. The zero-order valence-electron chi connectivity index (χ0n) is 16.9. The summed E-state index contributed by atoms with van der Waals surface area (Å²) in [5.41, 5.74) is 8.72. The van der Waals surface area contributed by atoms with Crippen LogP contribution < -0.4 is 11.1 Å². The highest BCUT2D eigenvalue weighted by Gasteiger charge is 2.21. The fourth-order valence-electron chi connectivity index (χ4n) is 3.64. The van der Waals surface area contributed by atoms with Gasteiger partial charge in [-0.2, -0.15) is 0 Å². The Hall–Kier alpha value is -1.55. The summed E-state index contributed by atoms with van der Waals surface area (Å²) in [5, 5.41) is 3.67.